The molecule has 0 saturated carbocycles. The summed E-state index contributed by atoms with van der Waals surface area (Å²) in [5, 5.41) is 8.61. The van der Waals surface area contributed by atoms with Crippen molar-refractivity contribution in [3.63, 3.8) is 0 Å². The summed E-state index contributed by atoms with van der Waals surface area (Å²) in [5.41, 5.74) is 4.92. The fourth-order valence-corrected chi connectivity index (χ4v) is 0.884. The molecule has 0 saturated heterocycles. The quantitative estimate of drug-likeness (QED) is 0.658. The molecule has 0 bridgehead atoms. The zero-order chi connectivity index (χ0) is 9.14. The number of carboxylic acid groups (broad SMARTS) is 1. The van der Waals surface area contributed by atoms with E-state index in [0.29, 0.717) is 0 Å². The van der Waals surface area contributed by atoms with Gasteiger partial charge in [0.2, 0.25) is 5.91 Å². The van der Waals surface area contributed by atoms with Crippen molar-refractivity contribution < 1.29 is 14.7 Å². The van der Waals surface area contributed by atoms with Gasteiger partial charge in [-0.15, -0.1) is 0 Å². The SMILES string of the molecule is NC(=O)c1ccccc1C(=O)O.[KH]. The molecule has 0 aliphatic carbocycles. The van der Waals surface area contributed by atoms with Gasteiger partial charge in [-0.2, -0.15) is 0 Å². The van der Waals surface area contributed by atoms with Crippen LogP contribution in [0.25, 0.3) is 0 Å². The van der Waals surface area contributed by atoms with Gasteiger partial charge >= 0.3 is 57.4 Å². The summed E-state index contributed by atoms with van der Waals surface area (Å²) < 4.78 is 0. The summed E-state index contributed by atoms with van der Waals surface area (Å²) in [6, 6.07) is 5.82. The molecule has 1 amide bonds. The number of nitrogens with two attached hydrogens (primary N) is 1. The Bertz CT molecular complexity index is 305. The van der Waals surface area contributed by atoms with Gasteiger partial charge in [-0.3, -0.25) is 4.79 Å². The normalized spacial score (nSPS) is 8.62. The van der Waals surface area contributed by atoms with Gasteiger partial charge in [0.05, 0.1) is 11.1 Å². The molecule has 4 nitrogen and oxygen atoms in total. The van der Waals surface area contributed by atoms with Crippen molar-refractivity contribution in [2.24, 2.45) is 5.73 Å². The van der Waals surface area contributed by atoms with Crippen LogP contribution in [0.3, 0.4) is 0 Å². The Hall–Kier alpha value is -0.204. The summed E-state index contributed by atoms with van der Waals surface area (Å²) >= 11 is 0. The number of benzene rings is 1. The van der Waals surface area contributed by atoms with E-state index in [1.165, 1.54) is 18.2 Å². The van der Waals surface area contributed by atoms with Crippen molar-refractivity contribution in [3.05, 3.63) is 35.4 Å². The fraction of sp³-hybridized carbons (Fsp3) is 0. The van der Waals surface area contributed by atoms with Crippen molar-refractivity contribution in [3.8, 4) is 0 Å². The molecule has 0 aromatic heterocycles. The standard InChI is InChI=1S/C8H7NO3.K.H/c9-7(10)5-3-1-2-4-6(5)8(11)12;;/h1-4H,(H2,9,10)(H,11,12);;. The van der Waals surface area contributed by atoms with Crippen LogP contribution in [0.5, 0.6) is 0 Å². The van der Waals surface area contributed by atoms with Crippen LogP contribution in [0.2, 0.25) is 0 Å². The monoisotopic (exact) mass is 205 g/mol. The van der Waals surface area contributed by atoms with Gasteiger partial charge in [0, 0.05) is 0 Å². The molecule has 1 aromatic carbocycles. The first-order valence-corrected chi connectivity index (χ1v) is 3.25. The summed E-state index contributed by atoms with van der Waals surface area (Å²) in [5.74, 6) is -1.88. The van der Waals surface area contributed by atoms with E-state index >= 15 is 0 Å². The molecular formula is C8H8KNO3. The van der Waals surface area contributed by atoms with Crippen molar-refractivity contribution >= 4 is 63.3 Å². The van der Waals surface area contributed by atoms with Gasteiger partial charge < -0.3 is 10.8 Å². The summed E-state index contributed by atoms with van der Waals surface area (Å²) in [6.45, 7) is 0. The number of carbonyl (C=O) groups excluding carboxylic acids is 1. The van der Waals surface area contributed by atoms with Crippen LogP contribution in [0, 0.1) is 0 Å². The Morgan fingerprint density at radius 2 is 1.62 bits per heavy atom. The first-order valence-electron chi connectivity index (χ1n) is 3.25. The molecule has 0 fully saturated rings. The second-order valence-corrected chi connectivity index (χ2v) is 2.21. The maximum absolute atomic E-state index is 10.7. The Kier molecular flexibility index (Phi) is 5.42. The number of carboxylic acids is 1. The minimum absolute atomic E-state index is 0. The molecule has 3 N–H and O–H groups in total. The van der Waals surface area contributed by atoms with E-state index in [9.17, 15) is 9.59 Å². The topological polar surface area (TPSA) is 80.4 Å². The third-order valence-electron chi connectivity index (χ3n) is 1.42. The Balaban J connectivity index is 0.00000144. The third-order valence-corrected chi connectivity index (χ3v) is 1.42. The van der Waals surface area contributed by atoms with E-state index in [4.69, 9.17) is 10.8 Å². The van der Waals surface area contributed by atoms with Crippen LogP contribution in [0.15, 0.2) is 24.3 Å². The number of hydrogen-bond donors (Lipinski definition) is 2. The van der Waals surface area contributed by atoms with E-state index in [1.54, 1.807) is 6.07 Å². The zero-order valence-corrected chi connectivity index (χ0v) is 6.15. The molecule has 0 aliphatic heterocycles. The first-order chi connectivity index (χ1) is 5.63. The molecule has 1 aromatic rings. The van der Waals surface area contributed by atoms with Crippen LogP contribution in [0.1, 0.15) is 20.7 Å². The van der Waals surface area contributed by atoms with Crippen LogP contribution in [-0.2, 0) is 0 Å². The predicted molar refractivity (Wildman–Crippen MR) is 49.1 cm³/mol. The van der Waals surface area contributed by atoms with Gasteiger partial charge in [-0.25, -0.2) is 4.79 Å². The van der Waals surface area contributed by atoms with Gasteiger partial charge in [0.25, 0.3) is 0 Å². The van der Waals surface area contributed by atoms with Gasteiger partial charge in [-0.05, 0) is 12.1 Å². The number of aromatic carboxylic acids is 1. The second kappa shape index (κ2) is 5.51. The Morgan fingerprint density at radius 3 is 1.92 bits per heavy atom. The molecule has 0 unspecified atom stereocenters. The van der Waals surface area contributed by atoms with Crippen molar-refractivity contribution in [2.45, 2.75) is 0 Å². The Labute approximate surface area is 118 Å². The van der Waals surface area contributed by atoms with E-state index in [1.807, 2.05) is 0 Å². The number of rotatable bonds is 2. The predicted octanol–water partition coefficient (Wildman–Crippen LogP) is -0.165. The molecule has 0 atom stereocenters. The average Bonchev–Trinajstić information content (AvgIpc) is 2.04. The van der Waals surface area contributed by atoms with E-state index in [2.05, 4.69) is 0 Å². The molecule has 1 rings (SSSR count). The summed E-state index contributed by atoms with van der Waals surface area (Å²) in [4.78, 5) is 21.2. The van der Waals surface area contributed by atoms with Gasteiger partial charge in [0.15, 0.2) is 0 Å². The fourth-order valence-electron chi connectivity index (χ4n) is 0.884. The zero-order valence-electron chi connectivity index (χ0n) is 6.15. The van der Waals surface area contributed by atoms with Crippen molar-refractivity contribution in [1.29, 1.82) is 0 Å². The number of hydrogen-bond acceptors (Lipinski definition) is 2. The molecular weight excluding hydrogens is 197 g/mol. The minimum atomic E-state index is -1.15. The maximum atomic E-state index is 10.7. The molecule has 0 radical (unpaired) electrons. The summed E-state index contributed by atoms with van der Waals surface area (Å²) in [6.07, 6.45) is 0. The molecule has 64 valence electrons. The first kappa shape index (κ1) is 12.8. The summed E-state index contributed by atoms with van der Waals surface area (Å²) in [7, 11) is 0. The molecule has 0 aliphatic rings. The van der Waals surface area contributed by atoms with Crippen LogP contribution < -0.4 is 5.73 Å². The third kappa shape index (κ3) is 3.20. The van der Waals surface area contributed by atoms with Gasteiger partial charge in [0.1, 0.15) is 0 Å². The Morgan fingerprint density at radius 1 is 1.15 bits per heavy atom. The van der Waals surface area contributed by atoms with Crippen LogP contribution in [-0.4, -0.2) is 68.4 Å². The number of primary amides is 1. The van der Waals surface area contributed by atoms with Crippen molar-refractivity contribution in [2.75, 3.05) is 0 Å². The number of amides is 1. The van der Waals surface area contributed by atoms with Crippen LogP contribution >= 0.6 is 0 Å². The van der Waals surface area contributed by atoms with Crippen LogP contribution in [0.4, 0.5) is 0 Å². The molecule has 0 spiro atoms. The van der Waals surface area contributed by atoms with Crippen molar-refractivity contribution in [1.82, 2.24) is 0 Å². The van der Waals surface area contributed by atoms with E-state index in [-0.39, 0.29) is 62.5 Å². The second-order valence-electron chi connectivity index (χ2n) is 2.21. The van der Waals surface area contributed by atoms with E-state index < -0.39 is 11.9 Å². The molecule has 5 heteroatoms. The van der Waals surface area contributed by atoms with E-state index in [0.717, 1.165) is 0 Å². The van der Waals surface area contributed by atoms with Gasteiger partial charge in [-0.1, -0.05) is 12.1 Å². The molecule has 13 heavy (non-hydrogen) atoms. The number of carbonyl (C=O) groups is 2. The average molecular weight is 205 g/mol. The molecule has 0 heterocycles.